The minimum atomic E-state index is 0. The van der Waals surface area contributed by atoms with Gasteiger partial charge in [-0.3, -0.25) is 0 Å². The van der Waals surface area contributed by atoms with E-state index in [1.54, 1.807) is 6.20 Å². The average molecular weight is 301 g/mol. The predicted molar refractivity (Wildman–Crippen MR) is 79.9 cm³/mol. The van der Waals surface area contributed by atoms with E-state index in [-0.39, 0.29) is 12.4 Å². The molecule has 0 saturated heterocycles. The highest BCUT2D eigenvalue weighted by atomic mass is 35.5. The van der Waals surface area contributed by atoms with Gasteiger partial charge in [0, 0.05) is 13.2 Å². The lowest BCUT2D eigenvalue weighted by atomic mass is 10.2. The second kappa shape index (κ2) is 8.20. The fraction of sp³-hybridized carbons (Fsp3) is 0.357. The molecule has 2 rings (SSSR count). The van der Waals surface area contributed by atoms with Gasteiger partial charge in [-0.15, -0.1) is 12.4 Å². The molecular weight excluding hydrogens is 283 g/mol. The Morgan fingerprint density at radius 3 is 2.63 bits per heavy atom. The number of aromatic nitrogens is 2. The zero-order valence-electron chi connectivity index (χ0n) is 10.9. The third kappa shape index (κ3) is 4.86. The Kier molecular flexibility index (Phi) is 6.92. The third-order valence-electron chi connectivity index (χ3n) is 2.79. The van der Waals surface area contributed by atoms with Crippen LogP contribution >= 0.6 is 24.0 Å². The second-order valence-electron chi connectivity index (χ2n) is 4.17. The maximum Gasteiger partial charge on any atom is 0.128 e. The minimum absolute atomic E-state index is 0. The van der Waals surface area contributed by atoms with Gasteiger partial charge in [0.15, 0.2) is 0 Å². The molecule has 0 saturated carbocycles. The molecule has 0 spiro atoms. The van der Waals surface area contributed by atoms with Crippen molar-refractivity contribution in [2.75, 3.05) is 6.61 Å². The molecule has 1 heterocycles. The molecule has 0 radical (unpaired) electrons. The number of nitrogens with zero attached hydrogens (tertiary/aromatic N) is 2. The molecule has 1 aromatic carbocycles. The summed E-state index contributed by atoms with van der Waals surface area (Å²) in [5.74, 6) is 0.947. The number of benzene rings is 1. The van der Waals surface area contributed by atoms with Crippen LogP contribution in [0.15, 0.2) is 36.5 Å². The summed E-state index contributed by atoms with van der Waals surface area (Å²) >= 11 is 6.01. The van der Waals surface area contributed by atoms with Gasteiger partial charge in [-0.2, -0.15) is 0 Å². The van der Waals surface area contributed by atoms with E-state index in [1.165, 1.54) is 5.56 Å². The molecule has 0 bridgehead atoms. The van der Waals surface area contributed by atoms with Crippen molar-refractivity contribution in [3.63, 3.8) is 0 Å². The highest BCUT2D eigenvalue weighted by Crippen LogP contribution is 2.11. The monoisotopic (exact) mass is 300 g/mol. The second-order valence-corrected chi connectivity index (χ2v) is 4.56. The van der Waals surface area contributed by atoms with E-state index in [2.05, 4.69) is 17.1 Å². The summed E-state index contributed by atoms with van der Waals surface area (Å²) in [6, 6.07) is 10.2. The standard InChI is InChI=1S/C14H17ClN2O.ClH/c1-12-16-10-14(15)17(12)8-5-9-18-11-13-6-3-2-4-7-13;/h2-4,6-7,10H,5,8-9,11H2,1H3;1H. The molecule has 0 atom stereocenters. The van der Waals surface area contributed by atoms with Crippen molar-refractivity contribution in [3.05, 3.63) is 53.1 Å². The highest BCUT2D eigenvalue weighted by Gasteiger charge is 2.03. The first-order valence-corrected chi connectivity index (χ1v) is 6.44. The van der Waals surface area contributed by atoms with Crippen LogP contribution in [0.3, 0.4) is 0 Å². The van der Waals surface area contributed by atoms with E-state index < -0.39 is 0 Å². The molecule has 5 heteroatoms. The van der Waals surface area contributed by atoms with Gasteiger partial charge in [0.05, 0.1) is 12.8 Å². The quantitative estimate of drug-likeness (QED) is 0.757. The van der Waals surface area contributed by atoms with Gasteiger partial charge < -0.3 is 9.30 Å². The maximum absolute atomic E-state index is 6.01. The lowest BCUT2D eigenvalue weighted by Gasteiger charge is -2.07. The third-order valence-corrected chi connectivity index (χ3v) is 3.09. The Balaban J connectivity index is 0.00000180. The van der Waals surface area contributed by atoms with Crippen molar-refractivity contribution >= 4 is 24.0 Å². The largest absolute Gasteiger partial charge is 0.377 e. The normalized spacial score (nSPS) is 10.2. The molecule has 19 heavy (non-hydrogen) atoms. The molecule has 2 aromatic rings. The van der Waals surface area contributed by atoms with Gasteiger partial charge in [-0.25, -0.2) is 4.98 Å². The summed E-state index contributed by atoms with van der Waals surface area (Å²) < 4.78 is 7.61. The first-order chi connectivity index (χ1) is 8.77. The molecule has 104 valence electrons. The Morgan fingerprint density at radius 1 is 1.26 bits per heavy atom. The number of hydrogen-bond donors (Lipinski definition) is 0. The predicted octanol–water partition coefficient (Wildman–Crippen LogP) is 3.87. The number of aryl methyl sites for hydroxylation is 1. The summed E-state index contributed by atoms with van der Waals surface area (Å²) in [6.45, 7) is 4.19. The van der Waals surface area contributed by atoms with Crippen LogP contribution in [0, 0.1) is 6.92 Å². The molecule has 0 aliphatic rings. The van der Waals surface area contributed by atoms with Crippen LogP contribution in [0.25, 0.3) is 0 Å². The smallest absolute Gasteiger partial charge is 0.128 e. The molecule has 0 N–H and O–H groups in total. The van der Waals surface area contributed by atoms with Gasteiger partial charge in [0.2, 0.25) is 0 Å². The molecule has 1 aromatic heterocycles. The summed E-state index contributed by atoms with van der Waals surface area (Å²) in [5.41, 5.74) is 1.20. The van der Waals surface area contributed by atoms with Crippen molar-refractivity contribution in [2.24, 2.45) is 0 Å². The van der Waals surface area contributed by atoms with Gasteiger partial charge in [-0.05, 0) is 18.9 Å². The SMILES string of the molecule is Cc1ncc(Cl)n1CCCOCc1ccccc1.Cl. The molecule has 0 fully saturated rings. The van der Waals surface area contributed by atoms with Crippen LogP contribution in [-0.2, 0) is 17.9 Å². The van der Waals surface area contributed by atoms with Crippen molar-refractivity contribution in [1.82, 2.24) is 9.55 Å². The van der Waals surface area contributed by atoms with Crippen LogP contribution in [0.2, 0.25) is 5.15 Å². The van der Waals surface area contributed by atoms with Crippen LogP contribution in [0.1, 0.15) is 17.8 Å². The number of rotatable bonds is 6. The van der Waals surface area contributed by atoms with E-state index in [4.69, 9.17) is 16.3 Å². The maximum atomic E-state index is 6.01. The highest BCUT2D eigenvalue weighted by molar-refractivity contribution is 6.29. The van der Waals surface area contributed by atoms with Gasteiger partial charge in [0.25, 0.3) is 0 Å². The molecule has 0 aliphatic heterocycles. The van der Waals surface area contributed by atoms with Crippen molar-refractivity contribution < 1.29 is 4.74 Å². The molecule has 0 unspecified atom stereocenters. The zero-order chi connectivity index (χ0) is 12.8. The van der Waals surface area contributed by atoms with E-state index in [1.807, 2.05) is 29.7 Å². The number of imidazole rings is 1. The van der Waals surface area contributed by atoms with E-state index >= 15 is 0 Å². The van der Waals surface area contributed by atoms with Crippen LogP contribution in [-0.4, -0.2) is 16.2 Å². The summed E-state index contributed by atoms with van der Waals surface area (Å²) in [5, 5.41) is 0.690. The fourth-order valence-electron chi connectivity index (χ4n) is 1.80. The summed E-state index contributed by atoms with van der Waals surface area (Å²) in [7, 11) is 0. The van der Waals surface area contributed by atoms with E-state index in [0.29, 0.717) is 11.8 Å². The first-order valence-electron chi connectivity index (χ1n) is 6.06. The summed E-state index contributed by atoms with van der Waals surface area (Å²) in [4.78, 5) is 4.15. The minimum Gasteiger partial charge on any atom is -0.377 e. The van der Waals surface area contributed by atoms with Crippen LogP contribution in [0.4, 0.5) is 0 Å². The average Bonchev–Trinajstić information content (AvgIpc) is 2.71. The number of ether oxygens (including phenoxy) is 1. The van der Waals surface area contributed by atoms with Crippen molar-refractivity contribution in [2.45, 2.75) is 26.5 Å². The topological polar surface area (TPSA) is 27.1 Å². The molecule has 0 aliphatic carbocycles. The van der Waals surface area contributed by atoms with Crippen molar-refractivity contribution in [1.29, 1.82) is 0 Å². The Morgan fingerprint density at radius 2 is 2.00 bits per heavy atom. The Hall–Kier alpha value is -1.03. The van der Waals surface area contributed by atoms with E-state index in [9.17, 15) is 0 Å². The van der Waals surface area contributed by atoms with Gasteiger partial charge >= 0.3 is 0 Å². The Labute approximate surface area is 125 Å². The zero-order valence-corrected chi connectivity index (χ0v) is 12.5. The molecule has 3 nitrogen and oxygen atoms in total. The lowest BCUT2D eigenvalue weighted by Crippen LogP contribution is -2.04. The van der Waals surface area contributed by atoms with Gasteiger partial charge in [-0.1, -0.05) is 41.9 Å². The number of halogens is 2. The van der Waals surface area contributed by atoms with Crippen LogP contribution < -0.4 is 0 Å². The van der Waals surface area contributed by atoms with Gasteiger partial charge in [0.1, 0.15) is 11.0 Å². The number of hydrogen-bond acceptors (Lipinski definition) is 2. The lowest BCUT2D eigenvalue weighted by molar-refractivity contribution is 0.115. The Bertz CT molecular complexity index is 466. The summed E-state index contributed by atoms with van der Waals surface area (Å²) in [6.07, 6.45) is 2.62. The first kappa shape index (κ1) is 16.0. The fourth-order valence-corrected chi connectivity index (χ4v) is 2.05. The van der Waals surface area contributed by atoms with Crippen molar-refractivity contribution in [3.8, 4) is 0 Å². The van der Waals surface area contributed by atoms with Crippen LogP contribution in [0.5, 0.6) is 0 Å². The van der Waals surface area contributed by atoms with E-state index in [0.717, 1.165) is 25.4 Å². The molecular formula is C14H18Cl2N2O. The molecule has 0 amide bonds.